The Kier molecular flexibility index (Phi) is 4.43. The molecule has 3 rings (SSSR count). The number of anilines is 2. The average molecular weight is 349 g/mol. The average Bonchev–Trinajstić information content (AvgIpc) is 3.00. The van der Waals surface area contributed by atoms with Crippen molar-refractivity contribution in [3.05, 3.63) is 53.9 Å². The van der Waals surface area contributed by atoms with E-state index < -0.39 is 17.6 Å². The highest BCUT2D eigenvalue weighted by Gasteiger charge is 2.33. The molecule has 2 heterocycles. The molecule has 1 aromatic heterocycles. The van der Waals surface area contributed by atoms with E-state index in [1.807, 2.05) is 0 Å². The number of hydrogen-bond donors (Lipinski definition) is 1. The summed E-state index contributed by atoms with van der Waals surface area (Å²) in [7, 11) is 0. The van der Waals surface area contributed by atoms with E-state index in [0.29, 0.717) is 18.7 Å². The summed E-state index contributed by atoms with van der Waals surface area (Å²) in [6.07, 6.45) is -0.848. The monoisotopic (exact) mass is 349 g/mol. The number of hydrogen-bond acceptors (Lipinski definition) is 3. The Labute approximate surface area is 141 Å². The van der Waals surface area contributed by atoms with Crippen LogP contribution in [0.1, 0.15) is 28.8 Å². The van der Waals surface area contributed by atoms with Gasteiger partial charge in [0.05, 0.1) is 5.56 Å². The number of carbonyl (C=O) groups is 2. The van der Waals surface area contributed by atoms with E-state index in [1.165, 1.54) is 35.5 Å². The maximum absolute atomic E-state index is 13.2. The first-order valence-electron chi connectivity index (χ1n) is 7.58. The van der Waals surface area contributed by atoms with Crippen molar-refractivity contribution in [1.29, 1.82) is 0 Å². The minimum absolute atomic E-state index is 0.0807. The van der Waals surface area contributed by atoms with Gasteiger partial charge in [-0.15, -0.1) is 0 Å². The SMILES string of the molecule is O=C(Nc1ccncc1)c1cc(N2CCCC2=O)cc(C(F)(F)F)c1. The summed E-state index contributed by atoms with van der Waals surface area (Å²) >= 11 is 0. The smallest absolute Gasteiger partial charge is 0.322 e. The molecule has 0 unspecified atom stereocenters. The van der Waals surface area contributed by atoms with Gasteiger partial charge < -0.3 is 10.2 Å². The maximum atomic E-state index is 13.2. The first kappa shape index (κ1) is 16.9. The normalized spacial score (nSPS) is 14.7. The fraction of sp³-hybridized carbons (Fsp3) is 0.235. The van der Waals surface area contributed by atoms with Gasteiger partial charge in [0, 0.05) is 42.3 Å². The van der Waals surface area contributed by atoms with Gasteiger partial charge in [-0.25, -0.2) is 0 Å². The van der Waals surface area contributed by atoms with Crippen LogP contribution >= 0.6 is 0 Å². The summed E-state index contributed by atoms with van der Waals surface area (Å²) in [4.78, 5) is 29.3. The van der Waals surface area contributed by atoms with E-state index in [9.17, 15) is 22.8 Å². The summed E-state index contributed by atoms with van der Waals surface area (Å²) in [5.41, 5.74) is -0.640. The summed E-state index contributed by atoms with van der Waals surface area (Å²) < 4.78 is 39.5. The molecule has 1 aliphatic heterocycles. The fourth-order valence-corrected chi connectivity index (χ4v) is 2.62. The van der Waals surface area contributed by atoms with E-state index in [0.717, 1.165) is 12.1 Å². The van der Waals surface area contributed by atoms with E-state index in [-0.39, 0.29) is 23.6 Å². The van der Waals surface area contributed by atoms with Crippen molar-refractivity contribution in [3.8, 4) is 0 Å². The molecule has 1 aromatic carbocycles. The molecule has 1 fully saturated rings. The van der Waals surface area contributed by atoms with Crippen LogP contribution in [-0.4, -0.2) is 23.3 Å². The predicted molar refractivity (Wildman–Crippen MR) is 85.2 cm³/mol. The molecule has 8 heteroatoms. The van der Waals surface area contributed by atoms with E-state index >= 15 is 0 Å². The van der Waals surface area contributed by atoms with Crippen molar-refractivity contribution in [3.63, 3.8) is 0 Å². The predicted octanol–water partition coefficient (Wildman–Crippen LogP) is 3.48. The lowest BCUT2D eigenvalue weighted by Crippen LogP contribution is -2.25. The van der Waals surface area contributed by atoms with Gasteiger partial charge in [0.2, 0.25) is 5.91 Å². The molecule has 0 bridgehead atoms. The van der Waals surface area contributed by atoms with Gasteiger partial charge in [0.1, 0.15) is 0 Å². The number of benzene rings is 1. The second-order valence-corrected chi connectivity index (χ2v) is 5.61. The molecule has 5 nitrogen and oxygen atoms in total. The number of alkyl halides is 3. The van der Waals surface area contributed by atoms with Crippen LogP contribution in [0.25, 0.3) is 0 Å². The molecule has 0 saturated carbocycles. The largest absolute Gasteiger partial charge is 0.416 e. The molecule has 1 aliphatic rings. The zero-order valence-corrected chi connectivity index (χ0v) is 13.0. The first-order chi connectivity index (χ1) is 11.8. The van der Waals surface area contributed by atoms with Crippen LogP contribution < -0.4 is 10.2 Å². The number of nitrogens with zero attached hydrogens (tertiary/aromatic N) is 2. The highest BCUT2D eigenvalue weighted by Crippen LogP contribution is 2.34. The van der Waals surface area contributed by atoms with Crippen LogP contribution in [0.2, 0.25) is 0 Å². The number of carbonyl (C=O) groups excluding carboxylic acids is 2. The quantitative estimate of drug-likeness (QED) is 0.923. The Hall–Kier alpha value is -2.90. The summed E-state index contributed by atoms with van der Waals surface area (Å²) in [5.74, 6) is -0.940. The maximum Gasteiger partial charge on any atom is 0.416 e. The van der Waals surface area contributed by atoms with Crippen LogP contribution in [0.3, 0.4) is 0 Å². The van der Waals surface area contributed by atoms with Gasteiger partial charge in [-0.2, -0.15) is 13.2 Å². The molecule has 2 aromatic rings. The molecule has 130 valence electrons. The minimum Gasteiger partial charge on any atom is -0.322 e. The van der Waals surface area contributed by atoms with Crippen molar-refractivity contribution in [2.24, 2.45) is 0 Å². The van der Waals surface area contributed by atoms with E-state index in [1.54, 1.807) is 0 Å². The van der Waals surface area contributed by atoms with Crippen LogP contribution in [-0.2, 0) is 11.0 Å². The molecule has 25 heavy (non-hydrogen) atoms. The second-order valence-electron chi connectivity index (χ2n) is 5.61. The Morgan fingerprint density at radius 2 is 1.88 bits per heavy atom. The van der Waals surface area contributed by atoms with E-state index in [2.05, 4.69) is 10.3 Å². The van der Waals surface area contributed by atoms with Crippen LogP contribution in [0.5, 0.6) is 0 Å². The van der Waals surface area contributed by atoms with Gasteiger partial charge in [-0.3, -0.25) is 14.6 Å². The molecular formula is C17H14F3N3O2. The summed E-state index contributed by atoms with van der Waals surface area (Å²) in [6.45, 7) is 0.339. The Morgan fingerprint density at radius 1 is 1.16 bits per heavy atom. The number of amides is 2. The van der Waals surface area contributed by atoms with Crippen molar-refractivity contribution in [1.82, 2.24) is 4.98 Å². The Morgan fingerprint density at radius 3 is 2.48 bits per heavy atom. The highest BCUT2D eigenvalue weighted by atomic mass is 19.4. The van der Waals surface area contributed by atoms with Gasteiger partial charge in [-0.05, 0) is 36.8 Å². The fourth-order valence-electron chi connectivity index (χ4n) is 2.62. The Bertz CT molecular complexity index is 807. The molecule has 0 spiro atoms. The zero-order valence-electron chi connectivity index (χ0n) is 13.0. The molecule has 2 amide bonds. The first-order valence-corrected chi connectivity index (χ1v) is 7.58. The third-order valence-corrected chi connectivity index (χ3v) is 3.83. The highest BCUT2D eigenvalue weighted by molar-refractivity contribution is 6.06. The van der Waals surface area contributed by atoms with Crippen molar-refractivity contribution < 1.29 is 22.8 Å². The number of pyridine rings is 1. The lowest BCUT2D eigenvalue weighted by Gasteiger charge is -2.19. The van der Waals surface area contributed by atoms with E-state index in [4.69, 9.17) is 0 Å². The second kappa shape index (κ2) is 6.54. The lowest BCUT2D eigenvalue weighted by atomic mass is 10.1. The number of nitrogens with one attached hydrogen (secondary N) is 1. The lowest BCUT2D eigenvalue weighted by molar-refractivity contribution is -0.137. The third-order valence-electron chi connectivity index (χ3n) is 3.83. The topological polar surface area (TPSA) is 62.3 Å². The molecule has 0 atom stereocenters. The number of aromatic nitrogens is 1. The summed E-state index contributed by atoms with van der Waals surface area (Å²) in [5, 5.41) is 2.52. The number of halogens is 3. The Balaban J connectivity index is 1.97. The van der Waals surface area contributed by atoms with Gasteiger partial charge in [-0.1, -0.05) is 0 Å². The van der Waals surface area contributed by atoms with Gasteiger partial charge in [0.25, 0.3) is 5.91 Å². The molecular weight excluding hydrogens is 335 g/mol. The van der Waals surface area contributed by atoms with Crippen LogP contribution in [0.15, 0.2) is 42.7 Å². The van der Waals surface area contributed by atoms with Crippen LogP contribution in [0, 0.1) is 0 Å². The van der Waals surface area contributed by atoms with Gasteiger partial charge in [0.15, 0.2) is 0 Å². The summed E-state index contributed by atoms with van der Waals surface area (Å²) in [6, 6.07) is 6.02. The van der Waals surface area contributed by atoms with Crippen molar-refractivity contribution >= 4 is 23.2 Å². The van der Waals surface area contributed by atoms with Crippen molar-refractivity contribution in [2.75, 3.05) is 16.8 Å². The minimum atomic E-state index is -4.62. The molecule has 0 radical (unpaired) electrons. The molecule has 1 N–H and O–H groups in total. The zero-order chi connectivity index (χ0) is 18.0. The van der Waals surface area contributed by atoms with Crippen LogP contribution in [0.4, 0.5) is 24.5 Å². The standard InChI is InChI=1S/C17H14F3N3O2/c18-17(19,20)12-8-11(16(25)22-13-3-5-21-6-4-13)9-14(10-12)23-7-1-2-15(23)24/h3-6,8-10H,1-2,7H2,(H,21,22,25). The van der Waals surface area contributed by atoms with Crippen molar-refractivity contribution in [2.45, 2.75) is 19.0 Å². The van der Waals surface area contributed by atoms with Gasteiger partial charge >= 0.3 is 6.18 Å². The number of rotatable bonds is 3. The molecule has 0 aliphatic carbocycles. The third kappa shape index (κ3) is 3.78. The molecule has 1 saturated heterocycles.